The van der Waals surface area contributed by atoms with Crippen LogP contribution in [0.2, 0.25) is 0 Å². The van der Waals surface area contributed by atoms with Gasteiger partial charge >= 0.3 is 17.3 Å². The molecule has 0 heterocycles. The standard InChI is InChI=1S/3C10H10O2.Hf/c3*1-8(11)7-10(12)9-5-3-2-4-6-9;/h3*2-7,11H,1H3;/p+3/b3*8-7-;. The Hall–Kier alpha value is -3.84. The molecule has 0 fully saturated rings. The molecule has 0 unspecified atom stereocenters. The third kappa shape index (κ3) is 15.0. The van der Waals surface area contributed by atoms with Gasteiger partial charge in [-0.05, 0) is 57.2 Å². The SMILES string of the molecule is C/C(O)=C/C(=[OH+])c1ccccc1.C/C(O)=C/C(=[OH+])c1ccccc1.C/C(O)=C/C(=[OH+])c1ccccc1.[Hf]. The number of allylic oxidation sites excluding steroid dienone is 6. The van der Waals surface area contributed by atoms with Gasteiger partial charge < -0.3 is 15.3 Å². The van der Waals surface area contributed by atoms with E-state index in [1.165, 1.54) is 39.0 Å². The summed E-state index contributed by atoms with van der Waals surface area (Å²) in [6.07, 6.45) is 3.94. The van der Waals surface area contributed by atoms with Gasteiger partial charge in [0.1, 0.15) is 0 Å². The maximum absolute atomic E-state index is 9.37. The van der Waals surface area contributed by atoms with Crippen molar-refractivity contribution in [2.75, 3.05) is 0 Å². The van der Waals surface area contributed by atoms with E-state index < -0.39 is 0 Å². The number of hydrogen-bond acceptors (Lipinski definition) is 3. The number of benzene rings is 3. The van der Waals surface area contributed by atoms with E-state index in [4.69, 9.17) is 15.3 Å². The minimum absolute atomic E-state index is 0. The second-order valence-electron chi connectivity index (χ2n) is 7.61. The van der Waals surface area contributed by atoms with E-state index in [-0.39, 0.29) is 60.5 Å². The predicted octanol–water partition coefficient (Wildman–Crippen LogP) is 6.12. The van der Waals surface area contributed by atoms with Crippen molar-refractivity contribution >= 4 is 17.3 Å². The van der Waals surface area contributed by atoms with Gasteiger partial charge in [0, 0.05) is 25.8 Å². The van der Waals surface area contributed by atoms with E-state index in [2.05, 4.69) is 0 Å². The van der Waals surface area contributed by atoms with Crippen LogP contribution in [0.4, 0.5) is 0 Å². The van der Waals surface area contributed by atoms with Gasteiger partial charge in [-0.25, -0.2) is 0 Å². The zero-order chi connectivity index (χ0) is 26.9. The van der Waals surface area contributed by atoms with E-state index in [0.29, 0.717) is 16.7 Å². The molecule has 0 amide bonds. The first-order valence-corrected chi connectivity index (χ1v) is 11.1. The van der Waals surface area contributed by atoms with Crippen molar-refractivity contribution in [3.8, 4) is 0 Å². The maximum atomic E-state index is 9.37. The van der Waals surface area contributed by atoms with Crippen molar-refractivity contribution in [2.24, 2.45) is 0 Å². The summed E-state index contributed by atoms with van der Waals surface area (Å²) >= 11 is 0. The molecular weight excluding hydrogens is 635 g/mol. The van der Waals surface area contributed by atoms with Gasteiger partial charge in [0.05, 0.1) is 52.2 Å². The summed E-state index contributed by atoms with van der Waals surface area (Å²) in [6, 6.07) is 27.2. The van der Waals surface area contributed by atoms with Crippen molar-refractivity contribution in [3.63, 3.8) is 0 Å². The zero-order valence-electron chi connectivity index (χ0n) is 21.1. The van der Waals surface area contributed by atoms with E-state index in [1.807, 2.05) is 54.6 Å². The molecule has 0 saturated heterocycles. The van der Waals surface area contributed by atoms with Crippen LogP contribution in [0, 0.1) is 0 Å². The smallest absolute Gasteiger partial charge is 0.350 e. The first-order valence-electron chi connectivity index (χ1n) is 11.1. The Morgan fingerprint density at radius 2 is 0.649 bits per heavy atom. The minimum Gasteiger partial charge on any atom is -0.512 e. The molecule has 6 N–H and O–H groups in total. The van der Waals surface area contributed by atoms with Crippen LogP contribution in [0.1, 0.15) is 37.5 Å². The van der Waals surface area contributed by atoms with Crippen molar-refractivity contribution < 1.29 is 55.5 Å². The molecule has 0 spiro atoms. The van der Waals surface area contributed by atoms with Crippen LogP contribution < -0.4 is 0 Å². The Balaban J connectivity index is 0.000000518. The number of aliphatic hydroxyl groups is 3. The molecule has 3 aromatic carbocycles. The van der Waals surface area contributed by atoms with Crippen LogP contribution in [0.15, 0.2) is 127 Å². The quantitative estimate of drug-likeness (QED) is 0.0964. The molecule has 0 radical (unpaired) electrons. The van der Waals surface area contributed by atoms with Gasteiger partial charge in [-0.2, -0.15) is 0 Å². The second-order valence-corrected chi connectivity index (χ2v) is 7.61. The minimum atomic E-state index is 0. The topological polar surface area (TPSA) is 125 Å². The maximum Gasteiger partial charge on any atom is 0.350 e. The zero-order valence-corrected chi connectivity index (χ0v) is 24.7. The monoisotopic (exact) mass is 669 g/mol. The van der Waals surface area contributed by atoms with Crippen LogP contribution in [0.3, 0.4) is 0 Å². The Kier molecular flexibility index (Phi) is 16.5. The predicted molar refractivity (Wildman–Crippen MR) is 147 cm³/mol. The average Bonchev–Trinajstić information content (AvgIpc) is 2.85. The molecule has 37 heavy (non-hydrogen) atoms. The molecule has 7 heteroatoms. The Labute approximate surface area is 236 Å². The summed E-state index contributed by atoms with van der Waals surface area (Å²) in [5.41, 5.74) is 2.10. The molecular formula is C30H33HfO6+3. The van der Waals surface area contributed by atoms with Gasteiger partial charge in [0.2, 0.25) is 0 Å². The van der Waals surface area contributed by atoms with Gasteiger partial charge in [0.15, 0.2) is 0 Å². The summed E-state index contributed by atoms with van der Waals surface area (Å²) in [5.74, 6) is 0.519. The van der Waals surface area contributed by atoms with E-state index in [1.54, 1.807) is 36.4 Å². The number of carbonyl (C=O) groups excluding carboxylic acids is 3. The van der Waals surface area contributed by atoms with E-state index in [0.717, 1.165) is 0 Å². The molecule has 0 bridgehead atoms. The van der Waals surface area contributed by atoms with Crippen LogP contribution in [0.5, 0.6) is 0 Å². The second kappa shape index (κ2) is 18.4. The van der Waals surface area contributed by atoms with Crippen LogP contribution in [-0.2, 0) is 25.8 Å². The number of hydrogen-bond donors (Lipinski definition) is 3. The summed E-state index contributed by atoms with van der Waals surface area (Å²) in [4.78, 5) is 28.1. The summed E-state index contributed by atoms with van der Waals surface area (Å²) in [5, 5.41) is 26.6. The molecule has 0 atom stereocenters. The molecule has 190 valence electrons. The third-order valence-corrected chi connectivity index (χ3v) is 4.25. The molecule has 0 aliphatic rings. The summed E-state index contributed by atoms with van der Waals surface area (Å²) < 4.78 is 0. The molecule has 6 nitrogen and oxygen atoms in total. The number of aliphatic hydroxyl groups excluding tert-OH is 3. The van der Waals surface area contributed by atoms with Crippen molar-refractivity contribution in [1.29, 1.82) is 0 Å². The molecule has 0 aliphatic carbocycles. The first kappa shape index (κ1) is 33.2. The van der Waals surface area contributed by atoms with Crippen LogP contribution in [0.25, 0.3) is 0 Å². The van der Waals surface area contributed by atoms with Crippen molar-refractivity contribution in [1.82, 2.24) is 0 Å². The van der Waals surface area contributed by atoms with Crippen LogP contribution >= 0.6 is 0 Å². The van der Waals surface area contributed by atoms with Gasteiger partial charge in [-0.1, -0.05) is 54.6 Å². The van der Waals surface area contributed by atoms with E-state index >= 15 is 0 Å². The third-order valence-electron chi connectivity index (χ3n) is 4.25. The van der Waals surface area contributed by atoms with Gasteiger partial charge in [-0.3, -0.25) is 14.4 Å². The summed E-state index contributed by atoms with van der Waals surface area (Å²) in [7, 11) is 0. The van der Waals surface area contributed by atoms with Crippen LogP contribution in [-0.4, -0.2) is 47.1 Å². The van der Waals surface area contributed by atoms with Gasteiger partial charge in [0.25, 0.3) is 0 Å². The number of ketones is 3. The molecule has 3 rings (SSSR count). The normalized spacial score (nSPS) is 10.9. The fraction of sp³-hybridized carbons (Fsp3) is 0.100. The Morgan fingerprint density at radius 3 is 0.811 bits per heavy atom. The van der Waals surface area contributed by atoms with Gasteiger partial charge in [-0.15, -0.1) is 0 Å². The number of rotatable bonds is 6. The fourth-order valence-electron chi connectivity index (χ4n) is 2.67. The molecule has 0 aliphatic heterocycles. The first-order chi connectivity index (χ1) is 17.1. The summed E-state index contributed by atoms with van der Waals surface area (Å²) in [6.45, 7) is 4.54. The molecule has 0 saturated carbocycles. The van der Waals surface area contributed by atoms with Crippen molar-refractivity contribution in [2.45, 2.75) is 20.8 Å². The molecule has 3 aromatic rings. The van der Waals surface area contributed by atoms with Crippen molar-refractivity contribution in [3.05, 3.63) is 143 Å². The molecule has 0 aromatic heterocycles. The van der Waals surface area contributed by atoms with E-state index in [9.17, 15) is 14.4 Å². The average molecular weight is 668 g/mol. The Morgan fingerprint density at radius 1 is 0.459 bits per heavy atom. The fourth-order valence-corrected chi connectivity index (χ4v) is 2.67. The Bertz CT molecular complexity index is 1050. The largest absolute Gasteiger partial charge is 0.512 e.